The van der Waals surface area contributed by atoms with Crippen LogP contribution in [0.1, 0.15) is 31.4 Å². The van der Waals surface area contributed by atoms with Gasteiger partial charge in [0.15, 0.2) is 0 Å². The first-order valence-electron chi connectivity index (χ1n) is 7.79. The average Bonchev–Trinajstić information content (AvgIpc) is 2.58. The standard InChI is InChI=1S/C17H22N4O2/c1-23-15-8-9-16-13(11-15)6-7-14(20-16)12-19-21-17(22)5-3-2-4-10-18/h6-9,11-12H,2-5,10,18H2,1H3,(H,21,22)/p+1/b19-12-. The number of aromatic nitrogens is 1. The van der Waals surface area contributed by atoms with E-state index in [-0.39, 0.29) is 5.91 Å². The van der Waals surface area contributed by atoms with Crippen LogP contribution in [0.15, 0.2) is 35.4 Å². The van der Waals surface area contributed by atoms with Gasteiger partial charge >= 0.3 is 0 Å². The molecule has 0 unspecified atom stereocenters. The number of rotatable bonds is 8. The quantitative estimate of drug-likeness (QED) is 0.439. The van der Waals surface area contributed by atoms with Crippen LogP contribution in [-0.2, 0) is 4.79 Å². The Kier molecular flexibility index (Phi) is 6.50. The predicted octanol–water partition coefficient (Wildman–Crippen LogP) is 1.50. The Morgan fingerprint density at radius 2 is 2.17 bits per heavy atom. The van der Waals surface area contributed by atoms with Gasteiger partial charge in [-0.2, -0.15) is 5.10 Å². The van der Waals surface area contributed by atoms with Gasteiger partial charge in [-0.3, -0.25) is 4.79 Å². The molecule has 2 rings (SSSR count). The second-order valence-electron chi connectivity index (χ2n) is 5.25. The molecule has 6 nitrogen and oxygen atoms in total. The zero-order valence-corrected chi connectivity index (χ0v) is 13.4. The van der Waals surface area contributed by atoms with E-state index < -0.39 is 0 Å². The molecule has 1 heterocycles. The SMILES string of the molecule is COc1ccc2nc(/C=N\NC(=O)CCCCC[NH3+])ccc2c1. The number of pyridine rings is 1. The lowest BCUT2D eigenvalue weighted by Gasteiger charge is -2.03. The number of amides is 1. The summed E-state index contributed by atoms with van der Waals surface area (Å²) in [5, 5.41) is 4.95. The van der Waals surface area contributed by atoms with E-state index in [1.54, 1.807) is 13.3 Å². The molecule has 1 amide bonds. The van der Waals surface area contributed by atoms with Crippen molar-refractivity contribution in [3.63, 3.8) is 0 Å². The van der Waals surface area contributed by atoms with Crippen molar-refractivity contribution in [2.75, 3.05) is 13.7 Å². The molecule has 23 heavy (non-hydrogen) atoms. The summed E-state index contributed by atoms with van der Waals surface area (Å²) in [6.45, 7) is 0.916. The summed E-state index contributed by atoms with van der Waals surface area (Å²) in [5.41, 5.74) is 7.86. The summed E-state index contributed by atoms with van der Waals surface area (Å²) in [6.07, 6.45) is 4.99. The van der Waals surface area contributed by atoms with Crippen LogP contribution >= 0.6 is 0 Å². The Balaban J connectivity index is 1.89. The number of hydrogen-bond donors (Lipinski definition) is 2. The maximum Gasteiger partial charge on any atom is 0.240 e. The maximum atomic E-state index is 11.6. The Morgan fingerprint density at radius 1 is 1.30 bits per heavy atom. The maximum absolute atomic E-state index is 11.6. The molecular formula is C17H23N4O2+. The molecule has 1 aromatic carbocycles. The Labute approximate surface area is 135 Å². The van der Waals surface area contributed by atoms with Crippen LogP contribution < -0.4 is 15.9 Å². The highest BCUT2D eigenvalue weighted by atomic mass is 16.5. The van der Waals surface area contributed by atoms with Crippen molar-refractivity contribution >= 4 is 23.0 Å². The van der Waals surface area contributed by atoms with E-state index in [1.165, 1.54) is 0 Å². The number of nitrogens with zero attached hydrogens (tertiary/aromatic N) is 2. The van der Waals surface area contributed by atoms with Gasteiger partial charge < -0.3 is 10.5 Å². The van der Waals surface area contributed by atoms with E-state index >= 15 is 0 Å². The van der Waals surface area contributed by atoms with Crippen LogP contribution in [0.5, 0.6) is 5.75 Å². The fraction of sp³-hybridized carbons (Fsp3) is 0.353. The third-order valence-corrected chi connectivity index (χ3v) is 3.46. The van der Waals surface area contributed by atoms with Crippen LogP contribution in [0, 0.1) is 0 Å². The van der Waals surface area contributed by atoms with Crippen molar-refractivity contribution in [3.05, 3.63) is 36.0 Å². The zero-order chi connectivity index (χ0) is 16.5. The molecule has 122 valence electrons. The molecule has 0 atom stereocenters. The third-order valence-electron chi connectivity index (χ3n) is 3.46. The lowest BCUT2D eigenvalue weighted by Crippen LogP contribution is -2.50. The van der Waals surface area contributed by atoms with Gasteiger partial charge in [-0.1, -0.05) is 6.07 Å². The Bertz CT molecular complexity index is 685. The van der Waals surface area contributed by atoms with E-state index in [4.69, 9.17) is 4.74 Å². The number of fused-ring (bicyclic) bond motifs is 1. The first-order valence-corrected chi connectivity index (χ1v) is 7.79. The number of ether oxygens (including phenoxy) is 1. The number of hydrogen-bond acceptors (Lipinski definition) is 4. The van der Waals surface area contributed by atoms with Crippen molar-refractivity contribution in [2.24, 2.45) is 5.10 Å². The number of nitrogens with one attached hydrogen (secondary N) is 1. The minimum atomic E-state index is -0.0733. The van der Waals surface area contributed by atoms with Crippen molar-refractivity contribution < 1.29 is 15.3 Å². The second kappa shape index (κ2) is 8.85. The van der Waals surface area contributed by atoms with Crippen molar-refractivity contribution in [2.45, 2.75) is 25.7 Å². The first kappa shape index (κ1) is 16.9. The fourth-order valence-corrected chi connectivity index (χ4v) is 2.18. The van der Waals surface area contributed by atoms with E-state index in [0.717, 1.165) is 42.5 Å². The van der Waals surface area contributed by atoms with E-state index in [2.05, 4.69) is 21.2 Å². The second-order valence-corrected chi connectivity index (χ2v) is 5.25. The normalized spacial score (nSPS) is 11.0. The summed E-state index contributed by atoms with van der Waals surface area (Å²) in [7, 11) is 1.64. The van der Waals surface area contributed by atoms with Gasteiger partial charge in [-0.25, -0.2) is 10.4 Å². The summed E-state index contributed by atoms with van der Waals surface area (Å²) in [4.78, 5) is 16.1. The van der Waals surface area contributed by atoms with Crippen LogP contribution in [0.2, 0.25) is 0 Å². The highest BCUT2D eigenvalue weighted by Crippen LogP contribution is 2.19. The monoisotopic (exact) mass is 315 g/mol. The van der Waals surface area contributed by atoms with Crippen LogP contribution in [0.3, 0.4) is 0 Å². The number of carbonyl (C=O) groups excluding carboxylic acids is 1. The number of carbonyl (C=O) groups is 1. The molecule has 6 heteroatoms. The predicted molar refractivity (Wildman–Crippen MR) is 90.3 cm³/mol. The molecule has 4 N–H and O–H groups in total. The van der Waals surface area contributed by atoms with Crippen molar-refractivity contribution in [3.8, 4) is 5.75 Å². The van der Waals surface area contributed by atoms with E-state index in [0.29, 0.717) is 12.1 Å². The summed E-state index contributed by atoms with van der Waals surface area (Å²) >= 11 is 0. The molecule has 0 radical (unpaired) electrons. The number of quaternary nitrogens is 1. The average molecular weight is 315 g/mol. The van der Waals surface area contributed by atoms with Gasteiger partial charge in [0, 0.05) is 11.8 Å². The molecule has 0 aliphatic carbocycles. The van der Waals surface area contributed by atoms with Gasteiger partial charge in [0.2, 0.25) is 5.91 Å². The minimum Gasteiger partial charge on any atom is -0.497 e. The number of methoxy groups -OCH3 is 1. The third kappa shape index (κ3) is 5.34. The number of hydrazone groups is 1. The molecular weight excluding hydrogens is 292 g/mol. The van der Waals surface area contributed by atoms with Crippen LogP contribution in [-0.4, -0.2) is 30.8 Å². The van der Waals surface area contributed by atoms with Crippen LogP contribution in [0.25, 0.3) is 10.9 Å². The number of benzene rings is 1. The van der Waals surface area contributed by atoms with Crippen LogP contribution in [0.4, 0.5) is 0 Å². The minimum absolute atomic E-state index is 0.0733. The summed E-state index contributed by atoms with van der Waals surface area (Å²) in [6, 6.07) is 9.49. The molecule has 1 aromatic heterocycles. The number of unbranched alkanes of at least 4 members (excludes halogenated alkanes) is 2. The van der Waals surface area contributed by atoms with Gasteiger partial charge in [0.1, 0.15) is 5.75 Å². The lowest BCUT2D eigenvalue weighted by atomic mass is 10.2. The zero-order valence-electron chi connectivity index (χ0n) is 13.4. The highest BCUT2D eigenvalue weighted by molar-refractivity contribution is 5.86. The van der Waals surface area contributed by atoms with Crippen molar-refractivity contribution in [1.29, 1.82) is 0 Å². The molecule has 0 saturated carbocycles. The molecule has 0 aliphatic rings. The molecule has 0 spiro atoms. The topological polar surface area (TPSA) is 91.2 Å². The van der Waals surface area contributed by atoms with Gasteiger partial charge in [0.05, 0.1) is 31.1 Å². The lowest BCUT2D eigenvalue weighted by molar-refractivity contribution is -0.368. The fourth-order valence-electron chi connectivity index (χ4n) is 2.18. The summed E-state index contributed by atoms with van der Waals surface area (Å²) < 4.78 is 5.19. The molecule has 2 aromatic rings. The van der Waals surface area contributed by atoms with E-state index in [1.807, 2.05) is 30.3 Å². The van der Waals surface area contributed by atoms with Gasteiger partial charge in [-0.15, -0.1) is 0 Å². The molecule has 0 saturated heterocycles. The Hall–Kier alpha value is -2.47. The largest absolute Gasteiger partial charge is 0.497 e. The molecule has 0 aliphatic heterocycles. The molecule has 0 fully saturated rings. The van der Waals surface area contributed by atoms with E-state index in [9.17, 15) is 4.79 Å². The smallest absolute Gasteiger partial charge is 0.240 e. The summed E-state index contributed by atoms with van der Waals surface area (Å²) in [5.74, 6) is 0.725. The van der Waals surface area contributed by atoms with Crippen molar-refractivity contribution in [1.82, 2.24) is 10.4 Å². The van der Waals surface area contributed by atoms with Gasteiger partial charge in [-0.05, 0) is 43.5 Å². The Morgan fingerprint density at radius 3 is 2.96 bits per heavy atom. The van der Waals surface area contributed by atoms with Gasteiger partial charge in [0.25, 0.3) is 0 Å². The highest BCUT2D eigenvalue weighted by Gasteiger charge is 2.01. The molecule has 0 bridgehead atoms. The first-order chi connectivity index (χ1) is 11.2.